The minimum absolute atomic E-state index is 0.168. The van der Waals surface area contributed by atoms with Crippen molar-refractivity contribution in [3.8, 4) is 0 Å². The summed E-state index contributed by atoms with van der Waals surface area (Å²) in [4.78, 5) is 16.6. The van der Waals surface area contributed by atoms with Crippen LogP contribution in [0.3, 0.4) is 0 Å². The monoisotopic (exact) mass is 337 g/mol. The predicted molar refractivity (Wildman–Crippen MR) is 97.4 cm³/mol. The molecular weight excluding hydrogens is 322 g/mol. The molecule has 5 heteroatoms. The van der Waals surface area contributed by atoms with Crippen LogP contribution >= 0.6 is 11.6 Å². The van der Waals surface area contributed by atoms with Crippen molar-refractivity contribution in [1.82, 2.24) is 4.98 Å². The Morgan fingerprint density at radius 1 is 0.958 bits per heavy atom. The highest BCUT2D eigenvalue weighted by molar-refractivity contribution is 6.30. The van der Waals surface area contributed by atoms with Crippen LogP contribution in [0.1, 0.15) is 15.9 Å². The number of aromatic nitrogens is 1. The lowest BCUT2D eigenvalue weighted by Gasteiger charge is -2.12. The molecule has 0 unspecified atom stereocenters. The zero-order valence-electron chi connectivity index (χ0n) is 12.9. The van der Waals surface area contributed by atoms with E-state index in [1.165, 1.54) is 0 Å². The van der Waals surface area contributed by atoms with Crippen LogP contribution in [0.25, 0.3) is 0 Å². The van der Waals surface area contributed by atoms with Crippen molar-refractivity contribution in [1.29, 1.82) is 0 Å². The summed E-state index contributed by atoms with van der Waals surface area (Å²) < 4.78 is 0. The number of halogens is 1. The molecule has 2 aromatic carbocycles. The van der Waals surface area contributed by atoms with E-state index in [0.29, 0.717) is 28.6 Å². The van der Waals surface area contributed by atoms with E-state index in [0.717, 1.165) is 5.56 Å². The summed E-state index contributed by atoms with van der Waals surface area (Å²) in [5.74, 6) is 0.454. The van der Waals surface area contributed by atoms with Gasteiger partial charge in [0, 0.05) is 23.3 Å². The number of carbonyl (C=O) groups is 1. The SMILES string of the molecule is O=C(Nc1cccnc1NCc1ccc(Cl)cc1)c1ccccc1. The topological polar surface area (TPSA) is 54.0 Å². The highest BCUT2D eigenvalue weighted by Crippen LogP contribution is 2.20. The van der Waals surface area contributed by atoms with E-state index in [1.807, 2.05) is 48.5 Å². The third kappa shape index (κ3) is 4.12. The van der Waals surface area contributed by atoms with E-state index in [4.69, 9.17) is 11.6 Å². The van der Waals surface area contributed by atoms with Crippen molar-refractivity contribution in [2.45, 2.75) is 6.54 Å². The van der Waals surface area contributed by atoms with Crippen LogP contribution in [0.2, 0.25) is 5.02 Å². The second-order valence-electron chi connectivity index (χ2n) is 5.20. The number of hydrogen-bond donors (Lipinski definition) is 2. The summed E-state index contributed by atoms with van der Waals surface area (Å²) >= 11 is 5.89. The van der Waals surface area contributed by atoms with Crippen LogP contribution in [-0.2, 0) is 6.54 Å². The Labute approximate surface area is 145 Å². The van der Waals surface area contributed by atoms with Crippen molar-refractivity contribution in [2.24, 2.45) is 0 Å². The summed E-state index contributed by atoms with van der Waals surface area (Å²) in [7, 11) is 0. The number of nitrogens with zero attached hydrogens (tertiary/aromatic N) is 1. The number of carbonyl (C=O) groups excluding carboxylic acids is 1. The van der Waals surface area contributed by atoms with Crippen LogP contribution < -0.4 is 10.6 Å². The maximum absolute atomic E-state index is 12.3. The lowest BCUT2D eigenvalue weighted by atomic mass is 10.2. The lowest BCUT2D eigenvalue weighted by Crippen LogP contribution is -2.14. The molecule has 0 atom stereocenters. The van der Waals surface area contributed by atoms with Gasteiger partial charge in [0.15, 0.2) is 0 Å². The molecule has 1 heterocycles. The number of rotatable bonds is 5. The molecule has 0 saturated carbocycles. The minimum atomic E-state index is -0.168. The molecule has 1 aromatic heterocycles. The van der Waals surface area contributed by atoms with E-state index >= 15 is 0 Å². The van der Waals surface area contributed by atoms with E-state index in [1.54, 1.807) is 24.4 Å². The third-order valence-electron chi connectivity index (χ3n) is 3.47. The Morgan fingerprint density at radius 2 is 1.71 bits per heavy atom. The van der Waals surface area contributed by atoms with E-state index in [2.05, 4.69) is 15.6 Å². The smallest absolute Gasteiger partial charge is 0.255 e. The van der Waals surface area contributed by atoms with Crippen LogP contribution in [0.15, 0.2) is 72.9 Å². The molecule has 0 spiro atoms. The van der Waals surface area contributed by atoms with Crippen molar-refractivity contribution < 1.29 is 4.79 Å². The summed E-state index contributed by atoms with van der Waals surface area (Å²) in [5, 5.41) is 6.83. The van der Waals surface area contributed by atoms with Gasteiger partial charge in [0.05, 0.1) is 5.69 Å². The van der Waals surface area contributed by atoms with Crippen LogP contribution in [-0.4, -0.2) is 10.9 Å². The number of nitrogens with one attached hydrogen (secondary N) is 2. The fourth-order valence-corrected chi connectivity index (χ4v) is 2.35. The first-order chi connectivity index (χ1) is 11.7. The quantitative estimate of drug-likeness (QED) is 0.715. The van der Waals surface area contributed by atoms with Crippen LogP contribution in [0.5, 0.6) is 0 Å². The second-order valence-corrected chi connectivity index (χ2v) is 5.64. The standard InChI is InChI=1S/C19H16ClN3O/c20-16-10-8-14(9-11-16)13-22-18-17(7-4-12-21-18)23-19(24)15-5-2-1-3-6-15/h1-12H,13H2,(H,21,22)(H,23,24). The largest absolute Gasteiger partial charge is 0.364 e. The average Bonchev–Trinajstić information content (AvgIpc) is 2.63. The summed E-state index contributed by atoms with van der Waals surface area (Å²) in [6.45, 7) is 0.586. The Morgan fingerprint density at radius 3 is 2.46 bits per heavy atom. The first-order valence-electron chi connectivity index (χ1n) is 7.52. The Bertz CT molecular complexity index is 820. The molecule has 0 aliphatic rings. The van der Waals surface area contributed by atoms with Gasteiger partial charge in [0.2, 0.25) is 0 Å². The van der Waals surface area contributed by atoms with E-state index in [-0.39, 0.29) is 5.91 Å². The van der Waals surface area contributed by atoms with Crippen molar-refractivity contribution in [3.05, 3.63) is 89.1 Å². The molecule has 0 saturated heterocycles. The molecule has 0 aliphatic carbocycles. The van der Waals surface area contributed by atoms with Crippen molar-refractivity contribution in [2.75, 3.05) is 10.6 Å². The molecule has 0 aliphatic heterocycles. The van der Waals surface area contributed by atoms with Gasteiger partial charge in [-0.1, -0.05) is 41.9 Å². The zero-order chi connectivity index (χ0) is 16.8. The van der Waals surface area contributed by atoms with Gasteiger partial charge in [0.25, 0.3) is 5.91 Å². The molecule has 0 fully saturated rings. The number of hydrogen-bond acceptors (Lipinski definition) is 3. The number of anilines is 2. The number of benzene rings is 2. The maximum atomic E-state index is 12.3. The molecule has 2 N–H and O–H groups in total. The summed E-state index contributed by atoms with van der Waals surface area (Å²) in [6.07, 6.45) is 1.68. The highest BCUT2D eigenvalue weighted by atomic mass is 35.5. The normalized spacial score (nSPS) is 10.2. The summed E-state index contributed by atoms with van der Waals surface area (Å²) in [5.41, 5.74) is 2.32. The van der Waals surface area contributed by atoms with Gasteiger partial charge in [-0.3, -0.25) is 4.79 Å². The lowest BCUT2D eigenvalue weighted by molar-refractivity contribution is 0.102. The molecule has 0 radical (unpaired) electrons. The molecule has 120 valence electrons. The molecule has 0 bridgehead atoms. The molecule has 24 heavy (non-hydrogen) atoms. The molecular formula is C19H16ClN3O. The third-order valence-corrected chi connectivity index (χ3v) is 3.72. The maximum Gasteiger partial charge on any atom is 0.255 e. The molecule has 4 nitrogen and oxygen atoms in total. The molecule has 3 rings (SSSR count). The van der Waals surface area contributed by atoms with Gasteiger partial charge in [0.1, 0.15) is 5.82 Å². The fraction of sp³-hybridized carbons (Fsp3) is 0.0526. The Kier molecular flexibility index (Phi) is 5.08. The van der Waals surface area contributed by atoms with E-state index in [9.17, 15) is 4.79 Å². The van der Waals surface area contributed by atoms with Gasteiger partial charge in [-0.25, -0.2) is 4.98 Å². The fourth-order valence-electron chi connectivity index (χ4n) is 2.22. The zero-order valence-corrected chi connectivity index (χ0v) is 13.6. The van der Waals surface area contributed by atoms with Gasteiger partial charge in [-0.15, -0.1) is 0 Å². The van der Waals surface area contributed by atoms with Gasteiger partial charge < -0.3 is 10.6 Å². The Balaban J connectivity index is 1.71. The van der Waals surface area contributed by atoms with Crippen molar-refractivity contribution in [3.63, 3.8) is 0 Å². The minimum Gasteiger partial charge on any atom is -0.364 e. The predicted octanol–water partition coefficient (Wildman–Crippen LogP) is 4.60. The van der Waals surface area contributed by atoms with Crippen LogP contribution in [0, 0.1) is 0 Å². The first-order valence-corrected chi connectivity index (χ1v) is 7.90. The van der Waals surface area contributed by atoms with E-state index < -0.39 is 0 Å². The Hall–Kier alpha value is -2.85. The number of pyridine rings is 1. The average molecular weight is 338 g/mol. The van der Waals surface area contributed by atoms with Gasteiger partial charge in [-0.2, -0.15) is 0 Å². The second kappa shape index (κ2) is 7.62. The van der Waals surface area contributed by atoms with Crippen LogP contribution in [0.4, 0.5) is 11.5 Å². The van der Waals surface area contributed by atoms with Crippen molar-refractivity contribution >= 4 is 29.0 Å². The number of amides is 1. The highest BCUT2D eigenvalue weighted by Gasteiger charge is 2.09. The first kappa shape index (κ1) is 16.0. The molecule has 1 amide bonds. The van der Waals surface area contributed by atoms with Gasteiger partial charge in [-0.05, 0) is 42.0 Å². The summed E-state index contributed by atoms with van der Waals surface area (Å²) in [6, 6.07) is 20.3. The van der Waals surface area contributed by atoms with Gasteiger partial charge >= 0.3 is 0 Å². The molecule has 3 aromatic rings.